The van der Waals surface area contributed by atoms with Crippen LogP contribution in [-0.2, 0) is 0 Å². The van der Waals surface area contributed by atoms with E-state index in [0.29, 0.717) is 0 Å². The number of aliphatic hydroxyl groups excluding tert-OH is 2. The third-order valence-electron chi connectivity index (χ3n) is 2.14. The van der Waals surface area contributed by atoms with Gasteiger partial charge in [-0.25, -0.2) is 0 Å². The van der Waals surface area contributed by atoms with Crippen LogP contribution >= 0.6 is 12.4 Å². The summed E-state index contributed by atoms with van der Waals surface area (Å²) in [5, 5.41) is 21.2. The molecule has 3 nitrogen and oxygen atoms in total. The van der Waals surface area contributed by atoms with E-state index in [2.05, 4.69) is 5.32 Å². The number of halogens is 1. The number of rotatable bonds is 1. The predicted octanol–water partition coefficient (Wildman–Crippen LogP) is -0.241. The van der Waals surface area contributed by atoms with Crippen LogP contribution in [-0.4, -0.2) is 35.5 Å². The zero-order valence-electron chi connectivity index (χ0n) is 6.66. The summed E-state index contributed by atoms with van der Waals surface area (Å²) in [5.41, 5.74) is 0. The Bertz CT molecular complexity index is 113. The molecule has 0 aromatic carbocycles. The third-order valence-corrected chi connectivity index (χ3v) is 2.14. The average Bonchev–Trinajstić information content (AvgIpc) is 1.95. The van der Waals surface area contributed by atoms with Gasteiger partial charge in [0.1, 0.15) is 0 Å². The lowest BCUT2D eigenvalue weighted by Crippen LogP contribution is -2.47. The fraction of sp³-hybridized carbons (Fsp3) is 1.00. The topological polar surface area (TPSA) is 52.5 Å². The second-order valence-corrected chi connectivity index (χ2v) is 3.05. The van der Waals surface area contributed by atoms with Crippen molar-refractivity contribution in [1.82, 2.24) is 5.32 Å². The maximum atomic E-state index is 9.31. The van der Waals surface area contributed by atoms with E-state index >= 15 is 0 Å². The molecule has 1 rings (SSSR count). The zero-order chi connectivity index (χ0) is 7.56. The van der Waals surface area contributed by atoms with Crippen molar-refractivity contribution in [3.8, 4) is 0 Å². The molecule has 3 N–H and O–H groups in total. The van der Waals surface area contributed by atoms with Gasteiger partial charge in [-0.15, -0.1) is 12.4 Å². The molecule has 4 heteroatoms. The summed E-state index contributed by atoms with van der Waals surface area (Å²) >= 11 is 0. The monoisotopic (exact) mass is 181 g/mol. The minimum atomic E-state index is -0.286. The van der Waals surface area contributed by atoms with Gasteiger partial charge in [-0.1, -0.05) is 0 Å². The fourth-order valence-electron chi connectivity index (χ4n) is 1.26. The van der Waals surface area contributed by atoms with Crippen molar-refractivity contribution in [2.45, 2.75) is 25.5 Å². The lowest BCUT2D eigenvalue weighted by Gasteiger charge is -2.30. The minimum absolute atomic E-state index is 0. The largest absolute Gasteiger partial charge is 0.396 e. The highest BCUT2D eigenvalue weighted by Gasteiger charge is 2.24. The molecule has 68 valence electrons. The van der Waals surface area contributed by atoms with Gasteiger partial charge in [-0.05, 0) is 19.3 Å². The Morgan fingerprint density at radius 2 is 2.18 bits per heavy atom. The Labute approximate surface area is 73.2 Å². The molecule has 11 heavy (non-hydrogen) atoms. The number of hydrogen-bond acceptors (Lipinski definition) is 3. The van der Waals surface area contributed by atoms with E-state index in [1.165, 1.54) is 0 Å². The van der Waals surface area contributed by atoms with Gasteiger partial charge in [0.25, 0.3) is 0 Å². The molecule has 0 spiro atoms. The molecule has 0 bridgehead atoms. The van der Waals surface area contributed by atoms with E-state index in [0.717, 1.165) is 13.0 Å². The normalized spacial score (nSPS) is 37.9. The van der Waals surface area contributed by atoms with Crippen LogP contribution in [0.3, 0.4) is 0 Å². The smallest absolute Gasteiger partial charge is 0.0694 e. The maximum Gasteiger partial charge on any atom is 0.0694 e. The van der Waals surface area contributed by atoms with Crippen molar-refractivity contribution in [3.63, 3.8) is 0 Å². The first-order valence-electron chi connectivity index (χ1n) is 3.76. The van der Waals surface area contributed by atoms with Gasteiger partial charge in [0.15, 0.2) is 0 Å². The third kappa shape index (κ3) is 2.95. The molecule has 1 aliphatic rings. The Hall–Kier alpha value is 0.170. The fourth-order valence-corrected chi connectivity index (χ4v) is 1.26. The highest BCUT2D eigenvalue weighted by molar-refractivity contribution is 5.85. The standard InChI is InChI=1S/C7H15NO2.ClH/c1-5-7(10)2-6(4-9)3-8-5;/h5-10H,2-4H2,1H3;1H. The van der Waals surface area contributed by atoms with E-state index in [4.69, 9.17) is 5.11 Å². The van der Waals surface area contributed by atoms with Crippen molar-refractivity contribution in [2.24, 2.45) is 5.92 Å². The molecule has 0 amide bonds. The summed E-state index contributed by atoms with van der Waals surface area (Å²) in [6.45, 7) is 2.96. The van der Waals surface area contributed by atoms with Gasteiger partial charge in [0.05, 0.1) is 6.10 Å². The first-order chi connectivity index (χ1) is 4.74. The number of aliphatic hydroxyl groups is 2. The zero-order valence-corrected chi connectivity index (χ0v) is 7.47. The molecule has 0 saturated carbocycles. The second kappa shape index (κ2) is 4.93. The molecule has 1 saturated heterocycles. The van der Waals surface area contributed by atoms with Crippen molar-refractivity contribution >= 4 is 12.4 Å². The Morgan fingerprint density at radius 3 is 2.64 bits per heavy atom. The maximum absolute atomic E-state index is 9.31. The lowest BCUT2D eigenvalue weighted by molar-refractivity contribution is 0.0579. The molecule has 3 unspecified atom stereocenters. The van der Waals surface area contributed by atoms with Crippen molar-refractivity contribution < 1.29 is 10.2 Å². The van der Waals surface area contributed by atoms with E-state index < -0.39 is 0 Å². The van der Waals surface area contributed by atoms with Crippen LogP contribution in [0.1, 0.15) is 13.3 Å². The van der Waals surface area contributed by atoms with Crippen LogP contribution in [0.5, 0.6) is 0 Å². The second-order valence-electron chi connectivity index (χ2n) is 3.05. The highest BCUT2D eigenvalue weighted by Crippen LogP contribution is 2.13. The lowest BCUT2D eigenvalue weighted by atomic mass is 9.94. The van der Waals surface area contributed by atoms with Crippen molar-refractivity contribution in [3.05, 3.63) is 0 Å². The molecule has 0 aromatic heterocycles. The van der Waals surface area contributed by atoms with Gasteiger partial charge in [-0.3, -0.25) is 0 Å². The van der Waals surface area contributed by atoms with E-state index in [1.54, 1.807) is 0 Å². The Balaban J connectivity index is 0.000001000. The molecule has 1 heterocycles. The summed E-state index contributed by atoms with van der Waals surface area (Å²) in [5.74, 6) is 0.242. The predicted molar refractivity (Wildman–Crippen MR) is 45.9 cm³/mol. The SMILES string of the molecule is CC1NCC(CO)CC1O.Cl. The Kier molecular flexibility index (Phi) is 5.01. The van der Waals surface area contributed by atoms with Crippen molar-refractivity contribution in [2.75, 3.05) is 13.2 Å². The summed E-state index contributed by atoms with van der Waals surface area (Å²) in [6, 6.07) is 0.183. The quantitative estimate of drug-likeness (QED) is 0.524. The molecule has 0 aliphatic carbocycles. The van der Waals surface area contributed by atoms with Gasteiger partial charge in [0, 0.05) is 19.2 Å². The van der Waals surface area contributed by atoms with Gasteiger partial charge in [0.2, 0.25) is 0 Å². The van der Waals surface area contributed by atoms with E-state index in [9.17, 15) is 5.11 Å². The summed E-state index contributed by atoms with van der Waals surface area (Å²) < 4.78 is 0. The number of hydrogen-bond donors (Lipinski definition) is 3. The highest BCUT2D eigenvalue weighted by atomic mass is 35.5. The number of nitrogens with one attached hydrogen (secondary N) is 1. The molecule has 0 radical (unpaired) electrons. The Morgan fingerprint density at radius 1 is 1.55 bits per heavy atom. The van der Waals surface area contributed by atoms with E-state index in [-0.39, 0.29) is 37.1 Å². The van der Waals surface area contributed by atoms with Gasteiger partial charge < -0.3 is 15.5 Å². The molecule has 0 aromatic rings. The minimum Gasteiger partial charge on any atom is -0.396 e. The van der Waals surface area contributed by atoms with Crippen LogP contribution in [0, 0.1) is 5.92 Å². The van der Waals surface area contributed by atoms with Crippen LogP contribution in [0.4, 0.5) is 0 Å². The molecular weight excluding hydrogens is 166 g/mol. The summed E-state index contributed by atoms with van der Waals surface area (Å²) in [7, 11) is 0. The van der Waals surface area contributed by atoms with Crippen LogP contribution in [0.25, 0.3) is 0 Å². The first kappa shape index (κ1) is 11.2. The van der Waals surface area contributed by atoms with Crippen LogP contribution < -0.4 is 5.32 Å². The molecule has 3 atom stereocenters. The molecule has 1 fully saturated rings. The van der Waals surface area contributed by atoms with Gasteiger partial charge >= 0.3 is 0 Å². The van der Waals surface area contributed by atoms with E-state index in [1.807, 2.05) is 6.92 Å². The average molecular weight is 182 g/mol. The first-order valence-corrected chi connectivity index (χ1v) is 3.76. The summed E-state index contributed by atoms with van der Waals surface area (Å²) in [4.78, 5) is 0. The van der Waals surface area contributed by atoms with Crippen LogP contribution in [0.2, 0.25) is 0 Å². The van der Waals surface area contributed by atoms with Gasteiger partial charge in [-0.2, -0.15) is 0 Å². The van der Waals surface area contributed by atoms with Crippen molar-refractivity contribution in [1.29, 1.82) is 0 Å². The van der Waals surface area contributed by atoms with Crippen LogP contribution in [0.15, 0.2) is 0 Å². The summed E-state index contributed by atoms with van der Waals surface area (Å²) in [6.07, 6.45) is 0.441. The molecular formula is C7H16ClNO2. The molecule has 1 aliphatic heterocycles. The number of piperidine rings is 1.